The van der Waals surface area contributed by atoms with Gasteiger partial charge in [-0.15, -0.1) is 0 Å². The highest BCUT2D eigenvalue weighted by Crippen LogP contribution is 2.26. The van der Waals surface area contributed by atoms with Crippen molar-refractivity contribution in [2.75, 3.05) is 33.5 Å². The summed E-state index contributed by atoms with van der Waals surface area (Å²) in [7, 11) is 1.61. The molecule has 4 nitrogen and oxygen atoms in total. The molecule has 0 aliphatic carbocycles. The first-order chi connectivity index (χ1) is 8.66. The topological polar surface area (TPSA) is 53.7 Å². The van der Waals surface area contributed by atoms with E-state index in [1.807, 2.05) is 0 Å². The monoisotopic (exact) mass is 257 g/mol. The molecular formula is C13H20FNO3. The summed E-state index contributed by atoms with van der Waals surface area (Å²) in [6.07, 6.45) is 0. The van der Waals surface area contributed by atoms with Gasteiger partial charge in [-0.2, -0.15) is 0 Å². The third kappa shape index (κ3) is 4.60. The Balaban J connectivity index is 2.44. The third-order valence-corrected chi connectivity index (χ3v) is 2.39. The van der Waals surface area contributed by atoms with Crippen molar-refractivity contribution in [2.24, 2.45) is 5.73 Å². The number of hydrogen-bond acceptors (Lipinski definition) is 4. The maximum Gasteiger partial charge on any atom is 0.131 e. The van der Waals surface area contributed by atoms with Gasteiger partial charge in [0.1, 0.15) is 18.2 Å². The van der Waals surface area contributed by atoms with Gasteiger partial charge in [0, 0.05) is 18.7 Å². The standard InChI is InChI=1S/C13H20FNO3/c1-10(15)13-11(14)4-3-5-12(13)18-9-8-17-7-6-16-2/h3-5,10H,6-9,15H2,1-2H3/t10-/m1/s1. The van der Waals surface area contributed by atoms with Crippen LogP contribution in [0.1, 0.15) is 18.5 Å². The Labute approximate surface area is 107 Å². The predicted molar refractivity (Wildman–Crippen MR) is 67.2 cm³/mol. The largest absolute Gasteiger partial charge is 0.491 e. The molecule has 1 atom stereocenters. The van der Waals surface area contributed by atoms with Gasteiger partial charge in [-0.05, 0) is 19.1 Å². The van der Waals surface area contributed by atoms with Crippen LogP contribution < -0.4 is 10.5 Å². The number of halogens is 1. The maximum atomic E-state index is 13.6. The summed E-state index contributed by atoms with van der Waals surface area (Å²) in [4.78, 5) is 0. The fourth-order valence-corrected chi connectivity index (χ4v) is 1.54. The Kier molecular flexibility index (Phi) is 6.64. The number of ether oxygens (including phenoxy) is 3. The average molecular weight is 257 g/mol. The first-order valence-electron chi connectivity index (χ1n) is 5.90. The third-order valence-electron chi connectivity index (χ3n) is 2.39. The second kappa shape index (κ2) is 8.02. The van der Waals surface area contributed by atoms with E-state index in [1.54, 1.807) is 26.2 Å². The zero-order valence-corrected chi connectivity index (χ0v) is 10.8. The summed E-state index contributed by atoms with van der Waals surface area (Å²) < 4.78 is 29.1. The molecular weight excluding hydrogens is 237 g/mol. The number of nitrogens with two attached hydrogens (primary N) is 1. The van der Waals surface area contributed by atoms with E-state index in [1.165, 1.54) is 6.07 Å². The van der Waals surface area contributed by atoms with Crippen LogP contribution in [0.25, 0.3) is 0 Å². The molecule has 5 heteroatoms. The van der Waals surface area contributed by atoms with Crippen LogP contribution in [0.2, 0.25) is 0 Å². The van der Waals surface area contributed by atoms with E-state index in [2.05, 4.69) is 0 Å². The van der Waals surface area contributed by atoms with Crippen LogP contribution >= 0.6 is 0 Å². The molecule has 0 radical (unpaired) electrons. The minimum Gasteiger partial charge on any atom is -0.491 e. The lowest BCUT2D eigenvalue weighted by Crippen LogP contribution is -2.14. The smallest absolute Gasteiger partial charge is 0.131 e. The molecule has 1 rings (SSSR count). The molecule has 0 spiro atoms. The van der Waals surface area contributed by atoms with Crippen molar-refractivity contribution < 1.29 is 18.6 Å². The van der Waals surface area contributed by atoms with Gasteiger partial charge >= 0.3 is 0 Å². The van der Waals surface area contributed by atoms with Crippen LogP contribution in [-0.2, 0) is 9.47 Å². The zero-order valence-electron chi connectivity index (χ0n) is 10.8. The molecule has 0 fully saturated rings. The van der Waals surface area contributed by atoms with Gasteiger partial charge in [0.2, 0.25) is 0 Å². The first kappa shape index (κ1) is 14.9. The van der Waals surface area contributed by atoms with Gasteiger partial charge in [-0.1, -0.05) is 6.07 Å². The van der Waals surface area contributed by atoms with Gasteiger partial charge in [0.25, 0.3) is 0 Å². The minimum atomic E-state index is -0.407. The van der Waals surface area contributed by atoms with Crippen molar-refractivity contribution in [1.29, 1.82) is 0 Å². The number of rotatable bonds is 8. The number of hydrogen-bond donors (Lipinski definition) is 1. The summed E-state index contributed by atoms with van der Waals surface area (Å²) in [5, 5.41) is 0. The second-order valence-electron chi connectivity index (χ2n) is 3.89. The molecule has 0 bridgehead atoms. The lowest BCUT2D eigenvalue weighted by atomic mass is 10.1. The second-order valence-corrected chi connectivity index (χ2v) is 3.89. The van der Waals surface area contributed by atoms with Crippen LogP contribution in [0.4, 0.5) is 4.39 Å². The van der Waals surface area contributed by atoms with Crippen molar-refractivity contribution >= 4 is 0 Å². The van der Waals surface area contributed by atoms with E-state index in [0.717, 1.165) is 0 Å². The summed E-state index contributed by atoms with van der Waals surface area (Å²) >= 11 is 0. The van der Waals surface area contributed by atoms with E-state index >= 15 is 0 Å². The molecule has 102 valence electrons. The van der Waals surface area contributed by atoms with Crippen molar-refractivity contribution in [1.82, 2.24) is 0 Å². The summed E-state index contributed by atoms with van der Waals surface area (Å²) in [6.45, 7) is 3.57. The minimum absolute atomic E-state index is 0.345. The molecule has 18 heavy (non-hydrogen) atoms. The molecule has 0 aliphatic rings. The molecule has 0 aliphatic heterocycles. The normalized spacial score (nSPS) is 12.4. The highest BCUT2D eigenvalue weighted by Gasteiger charge is 2.13. The Morgan fingerprint density at radius 2 is 1.94 bits per heavy atom. The Hall–Kier alpha value is -1.17. The fraction of sp³-hybridized carbons (Fsp3) is 0.538. The Morgan fingerprint density at radius 1 is 1.22 bits per heavy atom. The van der Waals surface area contributed by atoms with E-state index in [4.69, 9.17) is 19.9 Å². The van der Waals surface area contributed by atoms with Gasteiger partial charge in [-0.3, -0.25) is 0 Å². The van der Waals surface area contributed by atoms with Crippen LogP contribution in [0.15, 0.2) is 18.2 Å². The molecule has 0 aromatic heterocycles. The van der Waals surface area contributed by atoms with Gasteiger partial charge in [0.05, 0.1) is 19.8 Å². The summed E-state index contributed by atoms with van der Waals surface area (Å²) in [5.74, 6) is 0.128. The Morgan fingerprint density at radius 3 is 2.61 bits per heavy atom. The molecule has 1 aromatic rings. The van der Waals surface area contributed by atoms with Crippen molar-refractivity contribution in [3.63, 3.8) is 0 Å². The quantitative estimate of drug-likeness (QED) is 0.722. The number of benzene rings is 1. The summed E-state index contributed by atoms with van der Waals surface area (Å²) in [5.41, 5.74) is 6.12. The molecule has 2 N–H and O–H groups in total. The van der Waals surface area contributed by atoms with Crippen molar-refractivity contribution in [3.8, 4) is 5.75 Å². The van der Waals surface area contributed by atoms with E-state index < -0.39 is 6.04 Å². The summed E-state index contributed by atoms with van der Waals surface area (Å²) in [6, 6.07) is 4.27. The van der Waals surface area contributed by atoms with Gasteiger partial charge in [0.15, 0.2) is 0 Å². The molecule has 1 aromatic carbocycles. The zero-order chi connectivity index (χ0) is 13.4. The van der Waals surface area contributed by atoms with Crippen LogP contribution in [0, 0.1) is 5.82 Å². The number of methoxy groups -OCH3 is 1. The molecule has 0 saturated heterocycles. The van der Waals surface area contributed by atoms with Crippen molar-refractivity contribution in [2.45, 2.75) is 13.0 Å². The first-order valence-corrected chi connectivity index (χ1v) is 5.90. The molecule has 0 saturated carbocycles. The van der Waals surface area contributed by atoms with E-state index in [-0.39, 0.29) is 5.82 Å². The fourth-order valence-electron chi connectivity index (χ4n) is 1.54. The SMILES string of the molecule is COCCOCCOc1cccc(F)c1[C@@H](C)N. The van der Waals surface area contributed by atoms with Gasteiger partial charge in [-0.25, -0.2) is 4.39 Å². The highest BCUT2D eigenvalue weighted by atomic mass is 19.1. The maximum absolute atomic E-state index is 13.6. The molecule has 0 amide bonds. The van der Waals surface area contributed by atoms with Crippen LogP contribution in [0.5, 0.6) is 5.75 Å². The molecule has 0 unspecified atom stereocenters. The Bertz CT molecular complexity index is 358. The highest BCUT2D eigenvalue weighted by molar-refractivity contribution is 5.36. The lowest BCUT2D eigenvalue weighted by Gasteiger charge is -2.14. The van der Waals surface area contributed by atoms with Crippen LogP contribution in [0.3, 0.4) is 0 Å². The van der Waals surface area contributed by atoms with Crippen LogP contribution in [-0.4, -0.2) is 33.5 Å². The predicted octanol–water partition coefficient (Wildman–Crippen LogP) is 1.89. The molecule has 0 heterocycles. The van der Waals surface area contributed by atoms with Gasteiger partial charge < -0.3 is 19.9 Å². The van der Waals surface area contributed by atoms with E-state index in [0.29, 0.717) is 37.7 Å². The van der Waals surface area contributed by atoms with Crippen molar-refractivity contribution in [3.05, 3.63) is 29.6 Å². The van der Waals surface area contributed by atoms with E-state index in [9.17, 15) is 4.39 Å². The average Bonchev–Trinajstić information content (AvgIpc) is 2.33. The lowest BCUT2D eigenvalue weighted by molar-refractivity contribution is 0.0541.